The van der Waals surface area contributed by atoms with E-state index in [1.165, 1.54) is 0 Å². The molecule has 29 heavy (non-hydrogen) atoms. The number of piperidine rings is 1. The predicted octanol–water partition coefficient (Wildman–Crippen LogP) is 3.58. The molecular weight excluding hydrogens is 362 g/mol. The third-order valence-corrected chi connectivity index (χ3v) is 5.36. The number of nitrogens with zero attached hydrogens (tertiary/aromatic N) is 6. The van der Waals surface area contributed by atoms with Crippen LogP contribution in [0.1, 0.15) is 18.5 Å². The van der Waals surface area contributed by atoms with Crippen molar-refractivity contribution < 1.29 is 0 Å². The number of aryl methyl sites for hydroxylation is 1. The zero-order chi connectivity index (χ0) is 19.6. The van der Waals surface area contributed by atoms with Crippen LogP contribution in [0.2, 0.25) is 0 Å². The van der Waals surface area contributed by atoms with Crippen LogP contribution in [0.25, 0.3) is 17.0 Å². The molecular formula is C22H23N7. The number of fused-ring (bicyclic) bond motifs is 1. The van der Waals surface area contributed by atoms with E-state index in [2.05, 4.69) is 48.5 Å². The van der Waals surface area contributed by atoms with Gasteiger partial charge in [-0.2, -0.15) is 14.6 Å². The maximum atomic E-state index is 4.68. The van der Waals surface area contributed by atoms with Gasteiger partial charge in [0, 0.05) is 36.5 Å². The third-order valence-electron chi connectivity index (χ3n) is 5.36. The first-order valence-electron chi connectivity index (χ1n) is 9.97. The van der Waals surface area contributed by atoms with Gasteiger partial charge in [0.1, 0.15) is 18.0 Å². The highest BCUT2D eigenvalue weighted by atomic mass is 15.4. The fourth-order valence-electron chi connectivity index (χ4n) is 3.86. The molecule has 0 saturated carbocycles. The molecule has 1 fully saturated rings. The van der Waals surface area contributed by atoms with E-state index in [0.717, 1.165) is 54.5 Å². The highest BCUT2D eigenvalue weighted by molar-refractivity contribution is 5.65. The van der Waals surface area contributed by atoms with E-state index in [1.54, 1.807) is 6.33 Å². The first-order valence-corrected chi connectivity index (χ1v) is 9.97. The van der Waals surface area contributed by atoms with Gasteiger partial charge < -0.3 is 10.2 Å². The molecule has 1 aromatic carbocycles. The lowest BCUT2D eigenvalue weighted by molar-refractivity contribution is 0.519. The summed E-state index contributed by atoms with van der Waals surface area (Å²) in [5, 5.41) is 7.98. The molecule has 1 N–H and O–H groups in total. The molecule has 1 aliphatic rings. The van der Waals surface area contributed by atoms with Crippen molar-refractivity contribution in [2.24, 2.45) is 0 Å². The smallest absolute Gasteiger partial charge is 0.254 e. The lowest BCUT2D eigenvalue weighted by Gasteiger charge is -2.34. The highest BCUT2D eigenvalue weighted by Gasteiger charge is 2.22. The van der Waals surface area contributed by atoms with Gasteiger partial charge in [0.15, 0.2) is 0 Å². The number of benzene rings is 1. The van der Waals surface area contributed by atoms with Crippen molar-refractivity contribution in [1.29, 1.82) is 0 Å². The Kier molecular flexibility index (Phi) is 4.56. The summed E-state index contributed by atoms with van der Waals surface area (Å²) in [6.45, 7) is 3.90. The minimum atomic E-state index is 0.419. The fraction of sp³-hybridized carbons (Fsp3) is 0.273. The Morgan fingerprint density at radius 1 is 0.966 bits per heavy atom. The van der Waals surface area contributed by atoms with Crippen molar-refractivity contribution >= 4 is 17.4 Å². The highest BCUT2D eigenvalue weighted by Crippen LogP contribution is 2.26. The predicted molar refractivity (Wildman–Crippen MR) is 114 cm³/mol. The number of hydrogen-bond acceptors (Lipinski definition) is 6. The zero-order valence-electron chi connectivity index (χ0n) is 16.4. The summed E-state index contributed by atoms with van der Waals surface area (Å²) >= 11 is 0. The summed E-state index contributed by atoms with van der Waals surface area (Å²) in [5.41, 5.74) is 3.04. The van der Waals surface area contributed by atoms with Gasteiger partial charge in [-0.25, -0.2) is 9.97 Å². The number of nitrogens with one attached hydrogen (secondary N) is 1. The van der Waals surface area contributed by atoms with Gasteiger partial charge in [0.05, 0.1) is 5.69 Å². The number of hydrogen-bond donors (Lipinski definition) is 1. The van der Waals surface area contributed by atoms with Crippen LogP contribution < -0.4 is 10.2 Å². The summed E-state index contributed by atoms with van der Waals surface area (Å²) in [7, 11) is 0. The maximum Gasteiger partial charge on any atom is 0.254 e. The molecule has 7 heteroatoms. The molecule has 146 valence electrons. The van der Waals surface area contributed by atoms with Gasteiger partial charge in [-0.05, 0) is 31.9 Å². The van der Waals surface area contributed by atoms with Crippen molar-refractivity contribution in [1.82, 2.24) is 24.6 Å². The molecule has 0 spiro atoms. The average molecular weight is 385 g/mol. The molecule has 5 rings (SSSR count). The first-order chi connectivity index (χ1) is 14.3. The zero-order valence-corrected chi connectivity index (χ0v) is 16.4. The van der Waals surface area contributed by atoms with Crippen molar-refractivity contribution in [3.63, 3.8) is 0 Å². The van der Waals surface area contributed by atoms with Crippen molar-refractivity contribution in [2.45, 2.75) is 25.8 Å². The van der Waals surface area contributed by atoms with E-state index in [9.17, 15) is 0 Å². The summed E-state index contributed by atoms with van der Waals surface area (Å²) in [5.74, 6) is 2.63. The summed E-state index contributed by atoms with van der Waals surface area (Å²) in [6.07, 6.45) is 3.64. The number of rotatable bonds is 4. The average Bonchev–Trinajstić information content (AvgIpc) is 3.23. The monoisotopic (exact) mass is 385 g/mol. The van der Waals surface area contributed by atoms with Gasteiger partial charge in [-0.15, -0.1) is 0 Å². The van der Waals surface area contributed by atoms with E-state index in [0.29, 0.717) is 11.8 Å². The van der Waals surface area contributed by atoms with Crippen LogP contribution in [0.15, 0.2) is 60.9 Å². The molecule has 4 aromatic rings. The summed E-state index contributed by atoms with van der Waals surface area (Å²) in [4.78, 5) is 16.0. The second-order valence-corrected chi connectivity index (χ2v) is 7.41. The SMILES string of the molecule is Cc1cccc(NC2CCN(c3cc(-c4ccccc4)nc4ncnn34)CC2)n1. The van der Waals surface area contributed by atoms with Crippen molar-refractivity contribution in [3.05, 3.63) is 66.6 Å². The van der Waals surface area contributed by atoms with Crippen molar-refractivity contribution in [3.8, 4) is 11.3 Å². The normalized spacial score (nSPS) is 15.0. The van der Waals surface area contributed by atoms with Gasteiger partial charge in [-0.3, -0.25) is 0 Å². The molecule has 0 amide bonds. The molecule has 1 aliphatic heterocycles. The van der Waals surface area contributed by atoms with Crippen LogP contribution in [0.4, 0.5) is 11.6 Å². The van der Waals surface area contributed by atoms with Gasteiger partial charge in [0.25, 0.3) is 5.78 Å². The van der Waals surface area contributed by atoms with Gasteiger partial charge in [-0.1, -0.05) is 36.4 Å². The van der Waals surface area contributed by atoms with E-state index in [4.69, 9.17) is 0 Å². The minimum Gasteiger partial charge on any atom is -0.367 e. The Morgan fingerprint density at radius 3 is 2.59 bits per heavy atom. The quantitative estimate of drug-likeness (QED) is 0.579. The lowest BCUT2D eigenvalue weighted by atomic mass is 10.0. The Labute approximate surface area is 169 Å². The first kappa shape index (κ1) is 17.6. The van der Waals surface area contributed by atoms with Crippen LogP contribution in [0.3, 0.4) is 0 Å². The number of aromatic nitrogens is 5. The largest absolute Gasteiger partial charge is 0.367 e. The molecule has 0 unspecified atom stereocenters. The molecule has 0 atom stereocenters. The van der Waals surface area contributed by atoms with Crippen LogP contribution in [0.5, 0.6) is 0 Å². The van der Waals surface area contributed by atoms with Crippen LogP contribution >= 0.6 is 0 Å². The second kappa shape index (κ2) is 7.50. The third kappa shape index (κ3) is 3.63. The minimum absolute atomic E-state index is 0.419. The van der Waals surface area contributed by atoms with E-state index < -0.39 is 0 Å². The summed E-state index contributed by atoms with van der Waals surface area (Å²) < 4.78 is 1.84. The van der Waals surface area contributed by atoms with Crippen LogP contribution in [-0.4, -0.2) is 43.7 Å². The number of pyridine rings is 1. The van der Waals surface area contributed by atoms with E-state index in [1.807, 2.05) is 47.8 Å². The maximum absolute atomic E-state index is 4.68. The topological polar surface area (TPSA) is 71.2 Å². The van der Waals surface area contributed by atoms with Crippen molar-refractivity contribution in [2.75, 3.05) is 23.3 Å². The van der Waals surface area contributed by atoms with Gasteiger partial charge in [0.2, 0.25) is 0 Å². The lowest BCUT2D eigenvalue weighted by Crippen LogP contribution is -2.40. The molecule has 4 heterocycles. The second-order valence-electron chi connectivity index (χ2n) is 7.41. The van der Waals surface area contributed by atoms with E-state index in [-0.39, 0.29) is 0 Å². The fourth-order valence-corrected chi connectivity index (χ4v) is 3.86. The van der Waals surface area contributed by atoms with E-state index >= 15 is 0 Å². The Morgan fingerprint density at radius 2 is 1.79 bits per heavy atom. The Bertz CT molecular complexity index is 1110. The van der Waals surface area contributed by atoms with Gasteiger partial charge >= 0.3 is 0 Å². The molecule has 0 bridgehead atoms. The summed E-state index contributed by atoms with van der Waals surface area (Å²) in [6, 6.07) is 18.9. The van der Waals surface area contributed by atoms with Crippen LogP contribution in [-0.2, 0) is 0 Å². The number of anilines is 2. The molecule has 0 aliphatic carbocycles. The Hall–Kier alpha value is -3.48. The molecule has 1 saturated heterocycles. The molecule has 7 nitrogen and oxygen atoms in total. The Balaban J connectivity index is 1.37. The van der Waals surface area contributed by atoms with Crippen LogP contribution in [0, 0.1) is 6.92 Å². The standard InChI is InChI=1S/C22H23N7/c1-16-6-5-9-20(25-16)26-18-10-12-28(13-11-18)21-14-19(17-7-3-2-4-8-17)27-22-23-15-24-29(21)22/h2-9,14-15,18H,10-13H2,1H3,(H,25,26). The molecule has 0 radical (unpaired) electrons. The molecule has 3 aromatic heterocycles.